The van der Waals surface area contributed by atoms with Gasteiger partial charge >= 0.3 is 5.97 Å². The summed E-state index contributed by atoms with van der Waals surface area (Å²) in [6.07, 6.45) is 0.560. The van der Waals surface area contributed by atoms with Crippen molar-refractivity contribution in [2.75, 3.05) is 6.61 Å². The van der Waals surface area contributed by atoms with Crippen LogP contribution >= 0.6 is 0 Å². The van der Waals surface area contributed by atoms with E-state index in [9.17, 15) is 14.7 Å². The standard InChI is InChI=1S/C15H19NO4/c1-10-7-8-20-13(10)14(17)16-12(15(18)19)9-11-5-3-2-4-6-11/h2-6,10,12-13H,7-9H2,1H3,(H,16,17)(H,18,19)/t10?,12-,13?/m1/s1. The van der Waals surface area contributed by atoms with E-state index < -0.39 is 18.1 Å². The molecular formula is C15H19NO4. The first-order chi connectivity index (χ1) is 9.58. The van der Waals surface area contributed by atoms with Crippen molar-refractivity contribution in [2.45, 2.75) is 31.9 Å². The number of aliphatic carboxylic acids is 1. The Hall–Kier alpha value is -1.88. The molecule has 1 fully saturated rings. The molecule has 5 heteroatoms. The normalized spacial score (nSPS) is 23.2. The van der Waals surface area contributed by atoms with Crippen LogP contribution in [0.3, 0.4) is 0 Å². The van der Waals surface area contributed by atoms with Crippen molar-refractivity contribution >= 4 is 11.9 Å². The average Bonchev–Trinajstić information content (AvgIpc) is 2.85. The lowest BCUT2D eigenvalue weighted by Gasteiger charge is -2.19. The van der Waals surface area contributed by atoms with Crippen LogP contribution in [0.1, 0.15) is 18.9 Å². The second-order valence-corrected chi connectivity index (χ2v) is 5.15. The van der Waals surface area contributed by atoms with Gasteiger partial charge in [0.25, 0.3) is 0 Å². The third-order valence-corrected chi connectivity index (χ3v) is 3.54. The van der Waals surface area contributed by atoms with Crippen LogP contribution < -0.4 is 5.32 Å². The number of amides is 1. The van der Waals surface area contributed by atoms with Crippen LogP contribution in [0.4, 0.5) is 0 Å². The van der Waals surface area contributed by atoms with Crippen LogP contribution in [0, 0.1) is 5.92 Å². The zero-order valence-corrected chi connectivity index (χ0v) is 11.4. The van der Waals surface area contributed by atoms with E-state index in [1.165, 1.54) is 0 Å². The van der Waals surface area contributed by atoms with Gasteiger partial charge in [-0.3, -0.25) is 4.79 Å². The Morgan fingerprint density at radius 1 is 1.40 bits per heavy atom. The largest absolute Gasteiger partial charge is 0.480 e. The van der Waals surface area contributed by atoms with E-state index in [1.54, 1.807) is 0 Å². The fourth-order valence-electron chi connectivity index (χ4n) is 2.33. The number of nitrogens with one attached hydrogen (secondary N) is 1. The average molecular weight is 277 g/mol. The molecule has 0 aliphatic carbocycles. The fourth-order valence-corrected chi connectivity index (χ4v) is 2.33. The van der Waals surface area contributed by atoms with Crippen molar-refractivity contribution < 1.29 is 19.4 Å². The summed E-state index contributed by atoms with van der Waals surface area (Å²) in [5.74, 6) is -1.24. The van der Waals surface area contributed by atoms with E-state index in [1.807, 2.05) is 37.3 Å². The third-order valence-electron chi connectivity index (χ3n) is 3.54. The van der Waals surface area contributed by atoms with Gasteiger partial charge in [-0.05, 0) is 17.9 Å². The molecule has 5 nitrogen and oxygen atoms in total. The van der Waals surface area contributed by atoms with E-state index >= 15 is 0 Å². The molecular weight excluding hydrogens is 258 g/mol. The first kappa shape index (κ1) is 14.5. The van der Waals surface area contributed by atoms with Gasteiger partial charge < -0.3 is 15.2 Å². The van der Waals surface area contributed by atoms with E-state index in [-0.39, 0.29) is 18.2 Å². The lowest BCUT2D eigenvalue weighted by Crippen LogP contribution is -2.47. The summed E-state index contributed by atoms with van der Waals surface area (Å²) in [5.41, 5.74) is 0.876. The molecule has 0 aromatic heterocycles. The number of hydrogen-bond acceptors (Lipinski definition) is 3. The van der Waals surface area contributed by atoms with E-state index in [2.05, 4.69) is 5.32 Å². The molecule has 1 saturated heterocycles. The summed E-state index contributed by atoms with van der Waals surface area (Å²) in [5, 5.41) is 11.8. The van der Waals surface area contributed by atoms with Gasteiger partial charge in [0, 0.05) is 13.0 Å². The predicted molar refractivity (Wildman–Crippen MR) is 73.2 cm³/mol. The maximum atomic E-state index is 12.1. The van der Waals surface area contributed by atoms with Gasteiger partial charge in [0.1, 0.15) is 12.1 Å². The molecule has 20 heavy (non-hydrogen) atoms. The quantitative estimate of drug-likeness (QED) is 0.848. The number of ether oxygens (including phenoxy) is 1. The monoisotopic (exact) mass is 277 g/mol. The Bertz CT molecular complexity index is 474. The van der Waals surface area contributed by atoms with E-state index in [4.69, 9.17) is 4.74 Å². The van der Waals surface area contributed by atoms with Crippen LogP contribution in [0.5, 0.6) is 0 Å². The number of benzene rings is 1. The van der Waals surface area contributed by atoms with Crippen LogP contribution in [0.15, 0.2) is 30.3 Å². The van der Waals surface area contributed by atoms with Gasteiger partial charge in [-0.1, -0.05) is 37.3 Å². The minimum atomic E-state index is -1.03. The smallest absolute Gasteiger partial charge is 0.326 e. The summed E-state index contributed by atoms with van der Waals surface area (Å²) >= 11 is 0. The van der Waals surface area contributed by atoms with Crippen LogP contribution in [-0.2, 0) is 20.7 Å². The fraction of sp³-hybridized carbons (Fsp3) is 0.467. The maximum absolute atomic E-state index is 12.1. The third kappa shape index (κ3) is 3.57. The molecule has 108 valence electrons. The molecule has 0 bridgehead atoms. The first-order valence-electron chi connectivity index (χ1n) is 6.76. The van der Waals surface area contributed by atoms with Crippen molar-refractivity contribution in [3.63, 3.8) is 0 Å². The summed E-state index contributed by atoms with van der Waals surface area (Å²) in [6, 6.07) is 8.32. The Labute approximate surface area is 117 Å². The number of rotatable bonds is 5. The molecule has 0 spiro atoms. The number of carbonyl (C=O) groups is 2. The van der Waals surface area contributed by atoms with Crippen molar-refractivity contribution in [2.24, 2.45) is 5.92 Å². The number of carbonyl (C=O) groups excluding carboxylic acids is 1. The Morgan fingerprint density at radius 2 is 2.10 bits per heavy atom. The van der Waals surface area contributed by atoms with Gasteiger partial charge in [-0.25, -0.2) is 4.79 Å². The summed E-state index contributed by atoms with van der Waals surface area (Å²) in [4.78, 5) is 23.3. The molecule has 1 amide bonds. The lowest BCUT2D eigenvalue weighted by atomic mass is 10.0. The summed E-state index contributed by atoms with van der Waals surface area (Å²) < 4.78 is 5.35. The van der Waals surface area contributed by atoms with E-state index in [0.29, 0.717) is 6.61 Å². The number of carboxylic acids is 1. The minimum Gasteiger partial charge on any atom is -0.480 e. The Morgan fingerprint density at radius 3 is 2.65 bits per heavy atom. The Kier molecular flexibility index (Phi) is 4.74. The zero-order valence-electron chi connectivity index (χ0n) is 11.4. The zero-order chi connectivity index (χ0) is 14.5. The first-order valence-corrected chi connectivity index (χ1v) is 6.76. The Balaban J connectivity index is 1.99. The highest BCUT2D eigenvalue weighted by Gasteiger charge is 2.33. The van der Waals surface area contributed by atoms with Gasteiger partial charge in [0.05, 0.1) is 0 Å². The molecule has 2 N–H and O–H groups in total. The molecule has 1 aromatic rings. The van der Waals surface area contributed by atoms with Crippen molar-refractivity contribution in [1.29, 1.82) is 0 Å². The molecule has 1 aliphatic heterocycles. The molecule has 0 saturated carbocycles. The molecule has 1 aliphatic rings. The van der Waals surface area contributed by atoms with E-state index in [0.717, 1.165) is 12.0 Å². The van der Waals surface area contributed by atoms with Crippen molar-refractivity contribution in [1.82, 2.24) is 5.32 Å². The highest BCUT2D eigenvalue weighted by molar-refractivity contribution is 5.86. The summed E-state index contributed by atoms with van der Waals surface area (Å²) in [6.45, 7) is 2.49. The predicted octanol–water partition coefficient (Wildman–Crippen LogP) is 1.22. The lowest BCUT2D eigenvalue weighted by molar-refractivity contribution is -0.144. The topological polar surface area (TPSA) is 75.6 Å². The van der Waals surface area contributed by atoms with Crippen molar-refractivity contribution in [3.8, 4) is 0 Å². The van der Waals surface area contributed by atoms with Crippen LogP contribution in [0.25, 0.3) is 0 Å². The molecule has 1 heterocycles. The SMILES string of the molecule is CC1CCOC1C(=O)N[C@H](Cc1ccccc1)C(=O)O. The maximum Gasteiger partial charge on any atom is 0.326 e. The van der Waals surface area contributed by atoms with Gasteiger partial charge in [-0.15, -0.1) is 0 Å². The molecule has 2 unspecified atom stereocenters. The van der Waals surface area contributed by atoms with Gasteiger partial charge in [0.15, 0.2) is 0 Å². The van der Waals surface area contributed by atoms with Gasteiger partial charge in [-0.2, -0.15) is 0 Å². The molecule has 3 atom stereocenters. The van der Waals surface area contributed by atoms with Crippen molar-refractivity contribution in [3.05, 3.63) is 35.9 Å². The number of hydrogen-bond donors (Lipinski definition) is 2. The second-order valence-electron chi connectivity index (χ2n) is 5.15. The minimum absolute atomic E-state index is 0.126. The summed E-state index contributed by atoms with van der Waals surface area (Å²) in [7, 11) is 0. The number of carboxylic acid groups (broad SMARTS) is 1. The highest BCUT2D eigenvalue weighted by atomic mass is 16.5. The molecule has 0 radical (unpaired) electrons. The van der Waals surface area contributed by atoms with Crippen LogP contribution in [0.2, 0.25) is 0 Å². The molecule has 1 aromatic carbocycles. The highest BCUT2D eigenvalue weighted by Crippen LogP contribution is 2.20. The second kappa shape index (κ2) is 6.52. The molecule has 2 rings (SSSR count). The van der Waals surface area contributed by atoms with Crippen LogP contribution in [-0.4, -0.2) is 35.7 Å². The van der Waals surface area contributed by atoms with Gasteiger partial charge in [0.2, 0.25) is 5.91 Å².